The van der Waals surface area contributed by atoms with E-state index in [0.29, 0.717) is 16.9 Å². The van der Waals surface area contributed by atoms with Crippen molar-refractivity contribution in [3.63, 3.8) is 0 Å². The van der Waals surface area contributed by atoms with Crippen LogP contribution in [-0.4, -0.2) is 46.8 Å². The van der Waals surface area contributed by atoms with E-state index in [1.807, 2.05) is 71.9 Å². The van der Waals surface area contributed by atoms with Crippen molar-refractivity contribution in [1.29, 1.82) is 15.8 Å². The van der Waals surface area contributed by atoms with Crippen molar-refractivity contribution in [2.24, 2.45) is 20.5 Å². The fourth-order valence-corrected chi connectivity index (χ4v) is 7.72. The number of anilines is 4. The first kappa shape index (κ1) is 51.0. The quantitative estimate of drug-likeness (QED) is 0.0698. The number of hydrogen-bond donors (Lipinski definition) is 2. The minimum Gasteiger partial charge on any atom is -0.481 e. The van der Waals surface area contributed by atoms with Crippen molar-refractivity contribution in [3.8, 4) is 28.5 Å². The van der Waals surface area contributed by atoms with Crippen molar-refractivity contribution in [2.45, 2.75) is 55.4 Å². The second-order valence-corrected chi connectivity index (χ2v) is 15.6. The SMILES string of the molecule is [C-]#[N+]c1cn(-c2nnc(-n3cc(C#N)c(N=Nc4c(Nc5c(C)cc(C)cc5C)nc([NH-])c(C#N)c4C)n3)s2)nc1N=Nc1c(Nc2c(C)cc(C)cc2C)nc([N-]C)c(C#N)c1C.[Re].[Rf].[Rh]. The van der Waals surface area contributed by atoms with Gasteiger partial charge in [-0.3, -0.25) is 0 Å². The zero-order valence-electron chi connectivity index (χ0n) is 37.4. The third-order valence-corrected chi connectivity index (χ3v) is 10.9. The molecule has 0 saturated carbocycles. The molecule has 0 bridgehead atoms. The Labute approximate surface area is 410 Å². The van der Waals surface area contributed by atoms with Gasteiger partial charge in [-0.05, 0) is 100 Å². The van der Waals surface area contributed by atoms with Crippen LogP contribution in [0.2, 0.25) is 0 Å². The van der Waals surface area contributed by atoms with Crippen molar-refractivity contribution in [3.05, 3.63) is 120 Å². The largest absolute Gasteiger partial charge is 0.481 e. The molecule has 0 aliphatic carbocycles. The molecule has 0 amide bonds. The van der Waals surface area contributed by atoms with Crippen molar-refractivity contribution >= 4 is 74.7 Å². The average Bonchev–Trinajstić information content (AvgIpc) is 4.01. The molecule has 3 N–H and O–H groups in total. The molecular formula is C43H36N20ReRfRhS-2. The molecular weight excluding hydrogens is 1380 g/mol. The topological polar surface area (TPSA) is 274 Å². The molecule has 7 aromatic rings. The van der Waals surface area contributed by atoms with Crippen molar-refractivity contribution < 1.29 is 39.9 Å². The summed E-state index contributed by atoms with van der Waals surface area (Å²) in [5, 5.41) is 76.1. The molecule has 0 aliphatic heterocycles. The Balaban J connectivity index is 0.00000327. The number of nitrogens with zero attached hydrogens (tertiary/aromatic N) is 17. The smallest absolute Gasteiger partial charge is 0.252 e. The molecule has 7 rings (SSSR count). The van der Waals surface area contributed by atoms with E-state index in [4.69, 9.17) is 12.3 Å². The Morgan fingerprint density at radius 2 is 1.16 bits per heavy atom. The van der Waals surface area contributed by atoms with Crippen LogP contribution < -0.4 is 10.6 Å². The number of hydrogen-bond acceptors (Lipinski definition) is 16. The molecule has 2 aromatic carbocycles. The van der Waals surface area contributed by atoms with Crippen LogP contribution in [0.25, 0.3) is 26.2 Å². The fourth-order valence-electron chi connectivity index (χ4n) is 7.02. The fraction of sp³-hybridized carbons (Fsp3) is 0.209. The van der Waals surface area contributed by atoms with Gasteiger partial charge in [0, 0.05) is 57.5 Å². The Kier molecular flexibility index (Phi) is 15.9. The zero-order chi connectivity index (χ0) is 46.0. The second-order valence-electron chi connectivity index (χ2n) is 14.6. The van der Waals surface area contributed by atoms with Gasteiger partial charge in [-0.2, -0.15) is 20.9 Å². The van der Waals surface area contributed by atoms with E-state index in [-0.39, 0.29) is 113 Å². The van der Waals surface area contributed by atoms with Crippen LogP contribution in [0.15, 0.2) is 57.1 Å². The standard InChI is InChI=1S/C43H36N20S.Re.Rf.Rh/c1-20-11-22(3)32(23(4)12-20)50-40-34(26(7)29(16-45)36(47)52-40)54-56-37-28(15-44)18-62(60-37)42-58-59-43(64-42)63-19-31(48-9)39(61-63)57-55-35-27(8)30(17-46)38(49-10)53-41(35)51-33-24(5)13-21(2)14-25(33)6;;;/h11-14,18-19H,1-8,10H3,(H3-2,47,49,50,51,52,53);;;/q-2;;;. The molecule has 24 heteroatoms. The van der Waals surface area contributed by atoms with Crippen LogP contribution in [0.4, 0.5) is 63.3 Å². The van der Waals surface area contributed by atoms with E-state index >= 15 is 0 Å². The molecule has 5 heterocycles. The van der Waals surface area contributed by atoms with E-state index in [1.54, 1.807) is 20.9 Å². The predicted octanol–water partition coefficient (Wildman–Crippen LogP) is 12.0. The first-order valence-corrected chi connectivity index (χ1v) is 20.0. The minimum absolute atomic E-state index is 0. The Bertz CT molecular complexity index is 3240. The number of nitriles is 3. The van der Waals surface area contributed by atoms with Crippen LogP contribution in [0, 0.1) is 96.0 Å². The number of pyridine rings is 2. The normalized spacial score (nSPS) is 10.6. The third-order valence-electron chi connectivity index (χ3n) is 9.98. The summed E-state index contributed by atoms with van der Waals surface area (Å²) < 4.78 is 2.64. The first-order chi connectivity index (χ1) is 30.7. The predicted molar refractivity (Wildman–Crippen MR) is 242 cm³/mol. The summed E-state index contributed by atoms with van der Waals surface area (Å²) in [5.74, 6) is 0.460. The Morgan fingerprint density at radius 1 is 0.701 bits per heavy atom. The Morgan fingerprint density at radius 3 is 1.64 bits per heavy atom. The number of benzene rings is 2. The van der Waals surface area contributed by atoms with Gasteiger partial charge in [0.05, 0.1) is 47.7 Å². The van der Waals surface area contributed by atoms with Gasteiger partial charge in [-0.1, -0.05) is 53.8 Å². The third kappa shape index (κ3) is 10.0. The summed E-state index contributed by atoms with van der Waals surface area (Å²) in [4.78, 5) is 12.6. The summed E-state index contributed by atoms with van der Waals surface area (Å²) in [5.41, 5.74) is 17.7. The minimum atomic E-state index is -0.223. The van der Waals surface area contributed by atoms with Gasteiger partial charge in [-0.25, -0.2) is 14.2 Å². The van der Waals surface area contributed by atoms with Gasteiger partial charge in [-0.15, -0.1) is 35.8 Å². The van der Waals surface area contributed by atoms with E-state index < -0.39 is 0 Å². The van der Waals surface area contributed by atoms with Gasteiger partial charge >= 0.3 is 0 Å². The van der Waals surface area contributed by atoms with Gasteiger partial charge in [0.15, 0.2) is 0 Å². The van der Waals surface area contributed by atoms with E-state index in [1.165, 1.54) is 21.8 Å². The number of rotatable bonds is 11. The van der Waals surface area contributed by atoms with E-state index in [9.17, 15) is 15.8 Å². The summed E-state index contributed by atoms with van der Waals surface area (Å²) in [7, 11) is 1.55. The van der Waals surface area contributed by atoms with Gasteiger partial charge in [0.25, 0.3) is 5.69 Å². The van der Waals surface area contributed by atoms with E-state index in [0.717, 1.165) is 56.1 Å². The summed E-state index contributed by atoms with van der Waals surface area (Å²) in [6, 6.07) is 14.4. The maximum absolute atomic E-state index is 10.0. The molecule has 334 valence electrons. The van der Waals surface area contributed by atoms with Gasteiger partial charge in [0.1, 0.15) is 23.0 Å². The molecule has 0 saturated heterocycles. The Hall–Kier alpha value is -8.63. The van der Waals surface area contributed by atoms with Crippen LogP contribution in [0.5, 0.6) is 0 Å². The monoisotopic (exact) mass is 1420 g/mol. The summed E-state index contributed by atoms with van der Waals surface area (Å²) in [6.07, 6.45) is 2.84. The number of azo groups is 2. The maximum atomic E-state index is 10.0. The summed E-state index contributed by atoms with van der Waals surface area (Å²) in [6.45, 7) is 23.1. The average molecular weight is 1420 g/mol. The molecule has 5 aromatic heterocycles. The zero-order valence-corrected chi connectivity index (χ0v) is 49.0. The first-order valence-electron chi connectivity index (χ1n) is 19.2. The molecule has 20 nitrogen and oxygen atoms in total. The summed E-state index contributed by atoms with van der Waals surface area (Å²) >= 11 is 1.05. The van der Waals surface area contributed by atoms with Crippen LogP contribution in [0.1, 0.15) is 61.2 Å². The number of nitrogens with one attached hydrogen (secondary N) is 3. The van der Waals surface area contributed by atoms with Crippen LogP contribution in [0.3, 0.4) is 0 Å². The molecule has 0 aliphatic rings. The molecule has 0 unspecified atom stereocenters. The van der Waals surface area contributed by atoms with Gasteiger partial charge in [0.2, 0.25) is 21.9 Å². The maximum Gasteiger partial charge on any atom is 0.252 e. The van der Waals surface area contributed by atoms with Crippen molar-refractivity contribution in [2.75, 3.05) is 17.7 Å². The second kappa shape index (κ2) is 20.9. The van der Waals surface area contributed by atoms with Crippen molar-refractivity contribution in [1.82, 2.24) is 39.7 Å². The molecule has 0 atom stereocenters. The number of aromatic nitrogens is 8. The van der Waals surface area contributed by atoms with Gasteiger partial charge < -0.3 is 31.7 Å². The molecule has 67 heavy (non-hydrogen) atoms. The molecule has 2 radical (unpaired) electrons. The molecule has 0 fully saturated rings. The molecule has 0 spiro atoms. The number of aryl methyl sites for hydroxylation is 6. The van der Waals surface area contributed by atoms with Crippen LogP contribution >= 0.6 is 11.3 Å². The van der Waals surface area contributed by atoms with Crippen LogP contribution in [-0.2, 0) is 39.9 Å². The van der Waals surface area contributed by atoms with E-state index in [2.05, 4.69) is 83.8 Å².